The van der Waals surface area contributed by atoms with Gasteiger partial charge in [-0.1, -0.05) is 11.8 Å². The first-order valence-electron chi connectivity index (χ1n) is 9.87. The molecule has 0 bridgehead atoms. The van der Waals surface area contributed by atoms with Gasteiger partial charge in [0.1, 0.15) is 5.75 Å². The van der Waals surface area contributed by atoms with Crippen molar-refractivity contribution in [3.8, 4) is 11.4 Å². The van der Waals surface area contributed by atoms with Crippen molar-refractivity contribution in [2.24, 2.45) is 10.1 Å². The standard InChI is InChI=1S/C21H24F2N4O2S/c1-13-10-18(14(2)27(13)15-5-7-16(8-6-15)29-20(22)23)19-12-30-21(26-25-19)24-11-17-4-3-9-28-17/h5-8,10,17,20H,3-4,9,11-12H2,1-2H3,(H,24,26)/t17-/m1/s1. The van der Waals surface area contributed by atoms with Gasteiger partial charge >= 0.3 is 6.61 Å². The Morgan fingerprint density at radius 2 is 2.13 bits per heavy atom. The van der Waals surface area contributed by atoms with Crippen molar-refractivity contribution >= 4 is 22.6 Å². The summed E-state index contributed by atoms with van der Waals surface area (Å²) in [6.45, 7) is 2.71. The number of ether oxygens (including phenoxy) is 2. The van der Waals surface area contributed by atoms with E-state index < -0.39 is 6.61 Å². The normalized spacial score (nSPS) is 20.5. The Balaban J connectivity index is 1.49. The van der Waals surface area contributed by atoms with Gasteiger partial charge in [-0.3, -0.25) is 10.4 Å². The van der Waals surface area contributed by atoms with E-state index in [4.69, 9.17) is 4.74 Å². The van der Waals surface area contributed by atoms with E-state index in [0.29, 0.717) is 6.54 Å². The summed E-state index contributed by atoms with van der Waals surface area (Å²) in [6.07, 6.45) is 2.40. The van der Waals surface area contributed by atoms with Gasteiger partial charge in [0.25, 0.3) is 0 Å². The third-order valence-corrected chi connectivity index (χ3v) is 6.07. The number of nitrogens with zero attached hydrogens (tertiary/aromatic N) is 3. The quantitative estimate of drug-likeness (QED) is 0.738. The molecule has 1 aromatic carbocycles. The Kier molecular flexibility index (Phi) is 6.38. The van der Waals surface area contributed by atoms with Crippen LogP contribution >= 0.6 is 11.8 Å². The van der Waals surface area contributed by atoms with E-state index in [1.807, 2.05) is 13.8 Å². The van der Waals surface area contributed by atoms with E-state index in [0.717, 1.165) is 58.7 Å². The van der Waals surface area contributed by atoms with Crippen molar-refractivity contribution in [3.05, 3.63) is 47.3 Å². The van der Waals surface area contributed by atoms with Crippen LogP contribution in [0, 0.1) is 13.8 Å². The van der Waals surface area contributed by atoms with Crippen LogP contribution in [0.4, 0.5) is 8.78 Å². The summed E-state index contributed by atoms with van der Waals surface area (Å²) < 4.78 is 36.9. The molecule has 6 nitrogen and oxygen atoms in total. The zero-order valence-corrected chi connectivity index (χ0v) is 17.7. The predicted octanol–water partition coefficient (Wildman–Crippen LogP) is 4.27. The molecule has 1 fully saturated rings. The molecule has 0 spiro atoms. The van der Waals surface area contributed by atoms with Crippen LogP contribution < -0.4 is 10.2 Å². The van der Waals surface area contributed by atoms with Crippen molar-refractivity contribution in [1.82, 2.24) is 9.99 Å². The second kappa shape index (κ2) is 9.18. The number of aryl methyl sites for hydroxylation is 1. The lowest BCUT2D eigenvalue weighted by atomic mass is 10.1. The molecule has 0 amide bonds. The Labute approximate surface area is 178 Å². The second-order valence-electron chi connectivity index (χ2n) is 7.23. The van der Waals surface area contributed by atoms with E-state index in [1.165, 1.54) is 0 Å². The van der Waals surface area contributed by atoms with Gasteiger partial charge in [0.15, 0.2) is 5.17 Å². The summed E-state index contributed by atoms with van der Waals surface area (Å²) in [5.74, 6) is 0.867. The number of hydrogen-bond donors (Lipinski definition) is 1. The summed E-state index contributed by atoms with van der Waals surface area (Å²) >= 11 is 1.63. The van der Waals surface area contributed by atoms with Crippen LogP contribution in [0.2, 0.25) is 0 Å². The molecule has 2 aliphatic heterocycles. The number of aliphatic imine (C=N–C) groups is 1. The highest BCUT2D eigenvalue weighted by Crippen LogP contribution is 2.26. The molecule has 0 aliphatic carbocycles. The van der Waals surface area contributed by atoms with Crippen LogP contribution in [0.25, 0.3) is 5.69 Å². The Morgan fingerprint density at radius 3 is 2.77 bits per heavy atom. The molecule has 9 heteroatoms. The minimum atomic E-state index is -2.83. The number of nitrogens with one attached hydrogen (secondary N) is 1. The molecule has 30 heavy (non-hydrogen) atoms. The van der Waals surface area contributed by atoms with Gasteiger partial charge in [-0.05, 0) is 57.0 Å². The minimum Gasteiger partial charge on any atom is -0.435 e. The molecule has 3 heterocycles. The number of hydrazone groups is 1. The van der Waals surface area contributed by atoms with Gasteiger partial charge in [0.2, 0.25) is 0 Å². The molecule has 4 rings (SSSR count). The van der Waals surface area contributed by atoms with E-state index in [9.17, 15) is 8.78 Å². The highest BCUT2D eigenvalue weighted by Gasteiger charge is 2.20. The lowest BCUT2D eigenvalue weighted by Crippen LogP contribution is -2.26. The molecule has 0 unspecified atom stereocenters. The van der Waals surface area contributed by atoms with Gasteiger partial charge in [-0.2, -0.15) is 13.9 Å². The molecular weight excluding hydrogens is 410 g/mol. The van der Waals surface area contributed by atoms with Crippen LogP contribution in [0.1, 0.15) is 29.8 Å². The average molecular weight is 435 g/mol. The maximum absolute atomic E-state index is 12.4. The Bertz CT molecular complexity index is 951. The van der Waals surface area contributed by atoms with Crippen LogP contribution in [-0.4, -0.2) is 47.1 Å². The fourth-order valence-corrected chi connectivity index (χ4v) is 4.51. The van der Waals surface area contributed by atoms with Crippen LogP contribution in [0.3, 0.4) is 0 Å². The number of hydrogen-bond acceptors (Lipinski definition) is 5. The number of rotatable bonds is 6. The fourth-order valence-electron chi connectivity index (χ4n) is 3.74. The number of aromatic nitrogens is 1. The largest absolute Gasteiger partial charge is 0.435 e. The third-order valence-electron chi connectivity index (χ3n) is 5.16. The first-order chi connectivity index (χ1) is 14.5. The highest BCUT2D eigenvalue weighted by molar-refractivity contribution is 8.14. The molecule has 1 atom stereocenters. The molecular formula is C21H24F2N4O2S. The number of halogens is 2. The summed E-state index contributed by atoms with van der Waals surface area (Å²) in [6, 6.07) is 8.73. The Hall–Kier alpha value is -2.39. The van der Waals surface area contributed by atoms with Crippen LogP contribution in [-0.2, 0) is 4.74 Å². The fraction of sp³-hybridized carbons (Fsp3) is 0.429. The number of benzene rings is 1. The van der Waals surface area contributed by atoms with E-state index in [1.54, 1.807) is 36.0 Å². The number of thioether (sulfide) groups is 1. The smallest absolute Gasteiger partial charge is 0.387 e. The zero-order valence-electron chi connectivity index (χ0n) is 16.9. The number of amidine groups is 1. The van der Waals surface area contributed by atoms with Gasteiger partial charge in [-0.25, -0.2) is 0 Å². The SMILES string of the molecule is Cc1cc(C2=NNC(=NC[C@H]3CCCO3)SC2)c(C)n1-c1ccc(OC(F)F)cc1. The van der Waals surface area contributed by atoms with Gasteiger partial charge in [-0.15, -0.1) is 0 Å². The van der Waals surface area contributed by atoms with Gasteiger partial charge < -0.3 is 14.0 Å². The van der Waals surface area contributed by atoms with Crippen molar-refractivity contribution in [2.75, 3.05) is 18.9 Å². The molecule has 1 aromatic heterocycles. The molecule has 160 valence electrons. The minimum absolute atomic E-state index is 0.142. The van der Waals surface area contributed by atoms with Crippen molar-refractivity contribution < 1.29 is 18.3 Å². The first kappa shape index (κ1) is 20.9. The highest BCUT2D eigenvalue weighted by atomic mass is 32.2. The predicted molar refractivity (Wildman–Crippen MR) is 115 cm³/mol. The average Bonchev–Trinajstić information content (AvgIpc) is 3.35. The maximum Gasteiger partial charge on any atom is 0.387 e. The van der Waals surface area contributed by atoms with Crippen molar-refractivity contribution in [3.63, 3.8) is 0 Å². The lowest BCUT2D eigenvalue weighted by Gasteiger charge is -2.16. The van der Waals surface area contributed by atoms with E-state index in [2.05, 4.69) is 30.9 Å². The summed E-state index contributed by atoms with van der Waals surface area (Å²) in [5.41, 5.74) is 8.03. The maximum atomic E-state index is 12.4. The molecule has 0 radical (unpaired) electrons. The Morgan fingerprint density at radius 1 is 1.33 bits per heavy atom. The molecule has 0 saturated carbocycles. The summed E-state index contributed by atoms with van der Waals surface area (Å²) in [5, 5.41) is 5.36. The van der Waals surface area contributed by atoms with Crippen LogP contribution in [0.5, 0.6) is 5.75 Å². The van der Waals surface area contributed by atoms with Gasteiger partial charge in [0.05, 0.1) is 18.4 Å². The third kappa shape index (κ3) is 4.67. The molecule has 1 N–H and O–H groups in total. The van der Waals surface area contributed by atoms with Crippen LogP contribution in [0.15, 0.2) is 40.4 Å². The topological polar surface area (TPSA) is 60.1 Å². The van der Waals surface area contributed by atoms with E-state index >= 15 is 0 Å². The molecule has 2 aromatic rings. The van der Waals surface area contributed by atoms with Crippen molar-refractivity contribution in [2.45, 2.75) is 39.4 Å². The number of alkyl halides is 2. The first-order valence-corrected chi connectivity index (χ1v) is 10.9. The van der Waals surface area contributed by atoms with E-state index in [-0.39, 0.29) is 11.9 Å². The lowest BCUT2D eigenvalue weighted by molar-refractivity contribution is -0.0498. The summed E-state index contributed by atoms with van der Waals surface area (Å²) in [4.78, 5) is 4.58. The zero-order chi connectivity index (χ0) is 21.1. The second-order valence-corrected chi connectivity index (χ2v) is 8.20. The molecule has 2 aliphatic rings. The monoisotopic (exact) mass is 434 g/mol. The van der Waals surface area contributed by atoms with Gasteiger partial charge in [0, 0.05) is 35.0 Å². The summed E-state index contributed by atoms with van der Waals surface area (Å²) in [7, 11) is 0. The molecule has 1 saturated heterocycles. The van der Waals surface area contributed by atoms with Crippen molar-refractivity contribution in [1.29, 1.82) is 0 Å².